The van der Waals surface area contributed by atoms with Gasteiger partial charge in [-0.3, -0.25) is 4.79 Å². The van der Waals surface area contributed by atoms with Crippen LogP contribution in [0.25, 0.3) is 0 Å². The van der Waals surface area contributed by atoms with Crippen LogP contribution in [0.4, 0.5) is 17.6 Å². The van der Waals surface area contributed by atoms with Gasteiger partial charge in [0.15, 0.2) is 16.4 Å². The zero-order chi connectivity index (χ0) is 21.9. The molecule has 1 unspecified atom stereocenters. The first-order valence-corrected chi connectivity index (χ1v) is 10.8. The van der Waals surface area contributed by atoms with Gasteiger partial charge in [0.25, 0.3) is 5.91 Å². The number of halogens is 4. The fraction of sp³-hybridized carbons (Fsp3) is 0.350. The van der Waals surface area contributed by atoms with Gasteiger partial charge in [-0.05, 0) is 30.7 Å². The molecule has 30 heavy (non-hydrogen) atoms. The van der Waals surface area contributed by atoms with Crippen molar-refractivity contribution in [1.82, 2.24) is 4.90 Å². The highest BCUT2D eigenvalue weighted by molar-refractivity contribution is 7.91. The Balaban J connectivity index is 1.66. The van der Waals surface area contributed by atoms with Gasteiger partial charge in [-0.2, -0.15) is 13.2 Å². The molecule has 0 aliphatic carbocycles. The Kier molecular flexibility index (Phi) is 6.35. The topological polar surface area (TPSA) is 63.7 Å². The second kappa shape index (κ2) is 8.63. The van der Waals surface area contributed by atoms with E-state index < -0.39 is 45.2 Å². The molecular weight excluding hydrogens is 426 g/mol. The maximum Gasteiger partial charge on any atom is 0.416 e. The smallest absolute Gasteiger partial charge is 0.416 e. The molecule has 3 rings (SSSR count). The van der Waals surface area contributed by atoms with Gasteiger partial charge in [-0.1, -0.05) is 24.3 Å². The molecular formula is C20H19F4NO4S. The van der Waals surface area contributed by atoms with Gasteiger partial charge in [0.05, 0.1) is 16.6 Å². The summed E-state index contributed by atoms with van der Waals surface area (Å²) in [5, 5.41) is -1.07. The number of nitrogens with zero attached hydrogens (tertiary/aromatic N) is 1. The highest BCUT2D eigenvalue weighted by Gasteiger charge is 2.34. The summed E-state index contributed by atoms with van der Waals surface area (Å²) < 4.78 is 82.7. The van der Waals surface area contributed by atoms with E-state index in [1.54, 1.807) is 6.07 Å². The average molecular weight is 445 g/mol. The van der Waals surface area contributed by atoms with Crippen molar-refractivity contribution in [1.29, 1.82) is 0 Å². The molecule has 1 atom stereocenters. The summed E-state index contributed by atoms with van der Waals surface area (Å²) in [7, 11) is -3.69. The van der Waals surface area contributed by atoms with Gasteiger partial charge in [0.2, 0.25) is 0 Å². The Morgan fingerprint density at radius 3 is 2.53 bits per heavy atom. The van der Waals surface area contributed by atoms with Crippen molar-refractivity contribution < 1.29 is 35.5 Å². The number of hydrogen-bond acceptors (Lipinski definition) is 4. The molecule has 5 nitrogen and oxygen atoms in total. The number of ether oxygens (including phenoxy) is 1. The summed E-state index contributed by atoms with van der Waals surface area (Å²) in [5.74, 6) is -1.65. The van der Waals surface area contributed by atoms with Crippen LogP contribution in [-0.2, 0) is 20.8 Å². The average Bonchev–Trinajstić information content (AvgIpc) is 2.84. The lowest BCUT2D eigenvalue weighted by molar-refractivity contribution is -0.137. The highest BCUT2D eigenvalue weighted by atomic mass is 32.2. The monoisotopic (exact) mass is 445 g/mol. The molecule has 10 heteroatoms. The van der Waals surface area contributed by atoms with Crippen molar-refractivity contribution in [2.75, 3.05) is 25.4 Å². The second-order valence-corrected chi connectivity index (χ2v) is 9.16. The number of benzene rings is 2. The molecule has 0 bridgehead atoms. The third-order valence-corrected chi connectivity index (χ3v) is 6.98. The summed E-state index contributed by atoms with van der Waals surface area (Å²) >= 11 is 0. The number of rotatable bonds is 4. The zero-order valence-corrected chi connectivity index (χ0v) is 16.5. The largest absolute Gasteiger partial charge is 0.484 e. The predicted molar refractivity (Wildman–Crippen MR) is 101 cm³/mol. The molecule has 1 saturated heterocycles. The van der Waals surface area contributed by atoms with E-state index in [9.17, 15) is 30.8 Å². The minimum absolute atomic E-state index is 0.0125. The second-order valence-electron chi connectivity index (χ2n) is 6.86. The molecule has 1 amide bonds. The maximum atomic E-state index is 14.1. The fourth-order valence-electron chi connectivity index (χ4n) is 3.28. The molecule has 0 radical (unpaired) electrons. The molecule has 2 aromatic rings. The number of hydrogen-bond donors (Lipinski definition) is 0. The van der Waals surface area contributed by atoms with Crippen LogP contribution in [0.3, 0.4) is 0 Å². The van der Waals surface area contributed by atoms with Crippen LogP contribution in [0, 0.1) is 5.82 Å². The number of alkyl halides is 3. The van der Waals surface area contributed by atoms with Crippen LogP contribution < -0.4 is 4.74 Å². The predicted octanol–water partition coefficient (Wildman–Crippen LogP) is 3.61. The summed E-state index contributed by atoms with van der Waals surface area (Å²) in [6.07, 6.45) is -4.52. The number of sulfone groups is 1. The lowest BCUT2D eigenvalue weighted by Gasteiger charge is -2.20. The van der Waals surface area contributed by atoms with E-state index in [0.717, 1.165) is 12.1 Å². The van der Waals surface area contributed by atoms with E-state index in [1.165, 1.54) is 35.2 Å². The molecule has 1 aliphatic rings. The Hall–Kier alpha value is -2.62. The minimum Gasteiger partial charge on any atom is -0.484 e. The van der Waals surface area contributed by atoms with E-state index in [2.05, 4.69) is 0 Å². The standard InChI is InChI=1S/C20H19F4NO4S/c21-17-7-2-1-6-16(17)18-8-9-25(10-11-30(18,27)28)19(26)13-29-15-5-3-4-14(12-15)20(22,23)24/h1-7,12,18H,8-11,13H2. The van der Waals surface area contributed by atoms with Gasteiger partial charge in [-0.25, -0.2) is 12.8 Å². The molecule has 0 spiro atoms. The lowest BCUT2D eigenvalue weighted by atomic mass is 10.1. The van der Waals surface area contributed by atoms with Gasteiger partial charge in [-0.15, -0.1) is 0 Å². The summed E-state index contributed by atoms with van der Waals surface area (Å²) in [6.45, 7) is -0.577. The molecule has 1 fully saturated rings. The van der Waals surface area contributed by atoms with E-state index in [1.807, 2.05) is 0 Å². The van der Waals surface area contributed by atoms with Crippen LogP contribution in [0.2, 0.25) is 0 Å². The number of amides is 1. The van der Waals surface area contributed by atoms with E-state index >= 15 is 0 Å². The summed E-state index contributed by atoms with van der Waals surface area (Å²) in [6, 6.07) is 9.73. The van der Waals surface area contributed by atoms with Gasteiger partial charge in [0, 0.05) is 18.7 Å². The van der Waals surface area contributed by atoms with E-state index in [4.69, 9.17) is 4.74 Å². The molecule has 0 aromatic heterocycles. The number of carbonyl (C=O) groups is 1. The van der Waals surface area contributed by atoms with Crippen molar-refractivity contribution in [2.45, 2.75) is 17.8 Å². The molecule has 2 aromatic carbocycles. The van der Waals surface area contributed by atoms with Crippen LogP contribution in [0.15, 0.2) is 48.5 Å². The SMILES string of the molecule is O=C(COc1cccc(C(F)(F)F)c1)N1CCC(c2ccccc2F)S(=O)(=O)CC1. The quantitative estimate of drug-likeness (QED) is 0.675. The summed E-state index contributed by atoms with van der Waals surface area (Å²) in [5.41, 5.74) is -0.840. The molecule has 1 heterocycles. The molecule has 162 valence electrons. The first kappa shape index (κ1) is 22.1. The number of carbonyl (C=O) groups excluding carboxylic acids is 1. The van der Waals surface area contributed by atoms with Crippen LogP contribution >= 0.6 is 0 Å². The van der Waals surface area contributed by atoms with Crippen LogP contribution in [0.1, 0.15) is 22.8 Å². The maximum absolute atomic E-state index is 14.1. The molecule has 0 saturated carbocycles. The van der Waals surface area contributed by atoms with E-state index in [0.29, 0.717) is 0 Å². The summed E-state index contributed by atoms with van der Waals surface area (Å²) in [4.78, 5) is 13.7. The lowest BCUT2D eigenvalue weighted by Crippen LogP contribution is -2.37. The Bertz CT molecular complexity index is 1020. The van der Waals surface area contributed by atoms with Crippen molar-refractivity contribution >= 4 is 15.7 Å². The fourth-order valence-corrected chi connectivity index (χ4v) is 5.08. The Morgan fingerprint density at radius 2 is 1.83 bits per heavy atom. The third kappa shape index (κ3) is 5.10. The zero-order valence-electron chi connectivity index (χ0n) is 15.7. The van der Waals surface area contributed by atoms with Crippen LogP contribution in [0.5, 0.6) is 5.75 Å². The normalized spacial score (nSPS) is 19.2. The minimum atomic E-state index is -4.54. The van der Waals surface area contributed by atoms with Gasteiger partial charge < -0.3 is 9.64 Å². The van der Waals surface area contributed by atoms with Crippen molar-refractivity contribution in [3.05, 3.63) is 65.5 Å². The van der Waals surface area contributed by atoms with Gasteiger partial charge in [0.1, 0.15) is 11.6 Å². The Morgan fingerprint density at radius 1 is 1.10 bits per heavy atom. The van der Waals surface area contributed by atoms with Crippen molar-refractivity contribution in [2.24, 2.45) is 0 Å². The van der Waals surface area contributed by atoms with Crippen LogP contribution in [-0.4, -0.2) is 44.7 Å². The third-order valence-electron chi connectivity index (χ3n) is 4.87. The first-order valence-electron chi connectivity index (χ1n) is 9.12. The Labute approximate surface area is 171 Å². The van der Waals surface area contributed by atoms with Gasteiger partial charge >= 0.3 is 6.18 Å². The first-order chi connectivity index (χ1) is 14.1. The van der Waals surface area contributed by atoms with E-state index in [-0.39, 0.29) is 36.6 Å². The van der Waals surface area contributed by atoms with Crippen molar-refractivity contribution in [3.63, 3.8) is 0 Å². The van der Waals surface area contributed by atoms with Crippen molar-refractivity contribution in [3.8, 4) is 5.75 Å². The molecule has 1 aliphatic heterocycles. The molecule has 0 N–H and O–H groups in total. The highest BCUT2D eigenvalue weighted by Crippen LogP contribution is 2.32.